The number of carboxylic acids is 1. The SMILES string of the molecule is CC(=O)O.Oc1ccccc1O.Oc1ccccc1O. The van der Waals surface area contributed by atoms with E-state index in [4.69, 9.17) is 30.3 Å². The van der Waals surface area contributed by atoms with E-state index in [1.807, 2.05) is 0 Å². The number of phenolic OH excluding ortho intramolecular Hbond substituents is 4. The maximum Gasteiger partial charge on any atom is 0.300 e. The Morgan fingerprint density at radius 2 is 0.850 bits per heavy atom. The topological polar surface area (TPSA) is 118 Å². The molecule has 0 unspecified atom stereocenters. The first-order valence-corrected chi connectivity index (χ1v) is 5.48. The number of hydrogen-bond acceptors (Lipinski definition) is 5. The molecule has 0 aliphatic heterocycles. The summed E-state index contributed by atoms with van der Waals surface area (Å²) < 4.78 is 0. The molecule has 0 saturated carbocycles. The number of carbonyl (C=O) groups is 1. The van der Waals surface area contributed by atoms with E-state index in [0.717, 1.165) is 6.92 Å². The first-order valence-electron chi connectivity index (χ1n) is 5.48. The van der Waals surface area contributed by atoms with Gasteiger partial charge in [-0.2, -0.15) is 0 Å². The van der Waals surface area contributed by atoms with Crippen molar-refractivity contribution in [2.75, 3.05) is 0 Å². The Morgan fingerprint density at radius 1 is 0.700 bits per heavy atom. The predicted octanol–water partition coefficient (Wildman–Crippen LogP) is 2.29. The summed E-state index contributed by atoms with van der Waals surface area (Å²) in [5.41, 5.74) is 0. The van der Waals surface area contributed by atoms with Crippen molar-refractivity contribution >= 4 is 5.97 Å². The Morgan fingerprint density at radius 3 is 0.950 bits per heavy atom. The van der Waals surface area contributed by atoms with Gasteiger partial charge in [-0.05, 0) is 24.3 Å². The number of aromatic hydroxyl groups is 4. The van der Waals surface area contributed by atoms with Gasteiger partial charge in [0.15, 0.2) is 23.0 Å². The van der Waals surface area contributed by atoms with E-state index in [-0.39, 0.29) is 23.0 Å². The largest absolute Gasteiger partial charge is 0.504 e. The Bertz CT molecular complexity index is 449. The van der Waals surface area contributed by atoms with Gasteiger partial charge in [-0.3, -0.25) is 4.79 Å². The van der Waals surface area contributed by atoms with Crippen LogP contribution in [-0.2, 0) is 4.79 Å². The van der Waals surface area contributed by atoms with Gasteiger partial charge in [0, 0.05) is 6.92 Å². The minimum atomic E-state index is -0.833. The summed E-state index contributed by atoms with van der Waals surface area (Å²) in [4.78, 5) is 9.00. The van der Waals surface area contributed by atoms with Crippen LogP contribution in [0, 0.1) is 0 Å². The molecule has 0 aliphatic carbocycles. The third-order valence-corrected chi connectivity index (χ3v) is 1.76. The van der Waals surface area contributed by atoms with Gasteiger partial charge < -0.3 is 25.5 Å². The molecule has 0 amide bonds. The second-order valence-corrected chi connectivity index (χ2v) is 3.50. The molecule has 0 radical (unpaired) electrons. The highest BCUT2D eigenvalue weighted by Gasteiger charge is 1.91. The lowest BCUT2D eigenvalue weighted by Gasteiger charge is -1.91. The van der Waals surface area contributed by atoms with Gasteiger partial charge in [0.2, 0.25) is 0 Å². The standard InChI is InChI=1S/2C6H6O2.C2H4O2/c2*7-5-3-1-2-4-6(5)8;1-2(3)4/h2*1-4,7-8H;1H3,(H,3,4). The second kappa shape index (κ2) is 9.09. The van der Waals surface area contributed by atoms with Gasteiger partial charge in [-0.25, -0.2) is 0 Å². The first kappa shape index (κ1) is 17.1. The quantitative estimate of drug-likeness (QED) is 0.472. The minimum absolute atomic E-state index is 0.0764. The van der Waals surface area contributed by atoms with Crippen molar-refractivity contribution in [3.8, 4) is 23.0 Å². The van der Waals surface area contributed by atoms with Crippen LogP contribution in [0.15, 0.2) is 48.5 Å². The molecule has 5 N–H and O–H groups in total. The van der Waals surface area contributed by atoms with E-state index >= 15 is 0 Å². The Hall–Kier alpha value is -2.89. The molecule has 0 fully saturated rings. The van der Waals surface area contributed by atoms with E-state index < -0.39 is 5.97 Å². The van der Waals surface area contributed by atoms with Crippen molar-refractivity contribution in [1.82, 2.24) is 0 Å². The number of rotatable bonds is 0. The van der Waals surface area contributed by atoms with Crippen molar-refractivity contribution in [2.24, 2.45) is 0 Å². The molecular formula is C14H16O6. The lowest BCUT2D eigenvalue weighted by molar-refractivity contribution is -0.134. The number of benzene rings is 2. The monoisotopic (exact) mass is 280 g/mol. The molecule has 6 heteroatoms. The minimum Gasteiger partial charge on any atom is -0.504 e. The molecule has 6 nitrogen and oxygen atoms in total. The Labute approximate surface area is 115 Å². The summed E-state index contributed by atoms with van der Waals surface area (Å²) in [5.74, 6) is -1.14. The molecule has 0 saturated heterocycles. The molecule has 0 spiro atoms. The zero-order chi connectivity index (χ0) is 15.5. The van der Waals surface area contributed by atoms with Crippen LogP contribution >= 0.6 is 0 Å². The Kier molecular flexibility index (Phi) is 7.78. The summed E-state index contributed by atoms with van der Waals surface area (Å²) in [6.45, 7) is 1.08. The van der Waals surface area contributed by atoms with Crippen LogP contribution in [0.5, 0.6) is 23.0 Å². The molecular weight excluding hydrogens is 264 g/mol. The fourth-order valence-electron chi connectivity index (χ4n) is 0.928. The highest BCUT2D eigenvalue weighted by atomic mass is 16.4. The summed E-state index contributed by atoms with van der Waals surface area (Å²) in [6, 6.07) is 12.3. The van der Waals surface area contributed by atoms with Gasteiger partial charge in [0.05, 0.1) is 0 Å². The summed E-state index contributed by atoms with van der Waals surface area (Å²) in [6.07, 6.45) is 0. The van der Waals surface area contributed by atoms with Gasteiger partial charge >= 0.3 is 0 Å². The van der Waals surface area contributed by atoms with Crippen molar-refractivity contribution in [3.05, 3.63) is 48.5 Å². The molecule has 0 aromatic heterocycles. The fraction of sp³-hybridized carbons (Fsp3) is 0.0714. The van der Waals surface area contributed by atoms with Crippen LogP contribution in [0.3, 0.4) is 0 Å². The molecule has 0 bridgehead atoms. The normalized spacial score (nSPS) is 8.45. The summed E-state index contributed by atoms with van der Waals surface area (Å²) in [5, 5.41) is 42.1. The third kappa shape index (κ3) is 8.24. The van der Waals surface area contributed by atoms with Gasteiger partial charge in [0.25, 0.3) is 5.97 Å². The smallest absolute Gasteiger partial charge is 0.300 e. The predicted molar refractivity (Wildman–Crippen MR) is 72.9 cm³/mol. The van der Waals surface area contributed by atoms with E-state index in [0.29, 0.717) is 0 Å². The van der Waals surface area contributed by atoms with Crippen LogP contribution in [0.2, 0.25) is 0 Å². The number of phenols is 4. The van der Waals surface area contributed by atoms with Crippen molar-refractivity contribution in [3.63, 3.8) is 0 Å². The highest BCUT2D eigenvalue weighted by Crippen LogP contribution is 2.21. The molecule has 2 aromatic rings. The maximum absolute atomic E-state index is 9.00. The average molecular weight is 280 g/mol. The van der Waals surface area contributed by atoms with Gasteiger partial charge in [0.1, 0.15) is 0 Å². The zero-order valence-corrected chi connectivity index (χ0v) is 10.8. The lowest BCUT2D eigenvalue weighted by Crippen LogP contribution is -1.78. The lowest BCUT2D eigenvalue weighted by atomic mass is 10.3. The number of hydrogen-bond donors (Lipinski definition) is 5. The molecule has 0 atom stereocenters. The second-order valence-electron chi connectivity index (χ2n) is 3.50. The summed E-state index contributed by atoms with van der Waals surface area (Å²) in [7, 11) is 0. The van der Waals surface area contributed by atoms with Crippen LogP contribution in [-0.4, -0.2) is 31.5 Å². The van der Waals surface area contributed by atoms with Gasteiger partial charge in [-0.1, -0.05) is 24.3 Å². The maximum atomic E-state index is 9.00. The van der Waals surface area contributed by atoms with E-state index in [1.165, 1.54) is 24.3 Å². The third-order valence-electron chi connectivity index (χ3n) is 1.76. The van der Waals surface area contributed by atoms with Crippen molar-refractivity contribution in [2.45, 2.75) is 6.92 Å². The first-order chi connectivity index (χ1) is 9.34. The molecule has 0 aliphatic rings. The van der Waals surface area contributed by atoms with Crippen LogP contribution in [0.4, 0.5) is 0 Å². The molecule has 2 rings (SSSR count). The van der Waals surface area contributed by atoms with Crippen molar-refractivity contribution < 1.29 is 30.3 Å². The van der Waals surface area contributed by atoms with Crippen LogP contribution in [0.25, 0.3) is 0 Å². The van der Waals surface area contributed by atoms with E-state index in [9.17, 15) is 0 Å². The van der Waals surface area contributed by atoms with Crippen LogP contribution in [0.1, 0.15) is 6.92 Å². The summed E-state index contributed by atoms with van der Waals surface area (Å²) >= 11 is 0. The molecule has 108 valence electrons. The zero-order valence-electron chi connectivity index (χ0n) is 10.8. The fourth-order valence-corrected chi connectivity index (χ4v) is 0.928. The highest BCUT2D eigenvalue weighted by molar-refractivity contribution is 5.62. The van der Waals surface area contributed by atoms with E-state index in [2.05, 4.69) is 0 Å². The number of para-hydroxylation sites is 4. The number of carboxylic acid groups (broad SMARTS) is 1. The molecule has 2 aromatic carbocycles. The number of aliphatic carboxylic acids is 1. The Balaban J connectivity index is 0.000000289. The molecule has 20 heavy (non-hydrogen) atoms. The van der Waals surface area contributed by atoms with Gasteiger partial charge in [-0.15, -0.1) is 0 Å². The van der Waals surface area contributed by atoms with E-state index in [1.54, 1.807) is 24.3 Å². The molecule has 0 heterocycles. The van der Waals surface area contributed by atoms with Crippen LogP contribution < -0.4 is 0 Å². The van der Waals surface area contributed by atoms with Crippen molar-refractivity contribution in [1.29, 1.82) is 0 Å². The average Bonchev–Trinajstić information content (AvgIpc) is 2.37.